The first-order valence-corrected chi connectivity index (χ1v) is 6.26. The van der Waals surface area contributed by atoms with Gasteiger partial charge >= 0.3 is 0 Å². The van der Waals surface area contributed by atoms with Crippen LogP contribution in [-0.2, 0) is 11.3 Å². The van der Waals surface area contributed by atoms with Crippen molar-refractivity contribution in [2.45, 2.75) is 26.3 Å². The van der Waals surface area contributed by atoms with Crippen molar-refractivity contribution in [3.8, 4) is 6.07 Å². The predicted molar refractivity (Wildman–Crippen MR) is 62.6 cm³/mol. The normalized spacial score (nSPS) is 27.9. The second-order valence-electron chi connectivity index (χ2n) is 4.47. The van der Waals surface area contributed by atoms with Gasteiger partial charge in [-0.2, -0.15) is 5.26 Å². The van der Waals surface area contributed by atoms with E-state index in [-0.39, 0.29) is 5.91 Å². The Kier molecular flexibility index (Phi) is 2.97. The summed E-state index contributed by atoms with van der Waals surface area (Å²) in [6, 6.07) is 6.10. The van der Waals surface area contributed by atoms with E-state index in [1.54, 1.807) is 11.3 Å². The van der Waals surface area contributed by atoms with Crippen molar-refractivity contribution in [1.29, 1.82) is 5.26 Å². The number of nitrogens with zero attached hydrogens (tertiary/aromatic N) is 1. The molecule has 0 bridgehead atoms. The third-order valence-corrected chi connectivity index (χ3v) is 3.92. The Balaban J connectivity index is 1.91. The highest BCUT2D eigenvalue weighted by molar-refractivity contribution is 7.09. The molecule has 2 rings (SSSR count). The zero-order valence-electron chi connectivity index (χ0n) is 9.19. The molecule has 1 fully saturated rings. The lowest BCUT2D eigenvalue weighted by molar-refractivity contribution is -0.134. The van der Waals surface area contributed by atoms with Crippen LogP contribution in [-0.4, -0.2) is 5.91 Å². The molecule has 84 valence electrons. The minimum Gasteiger partial charge on any atom is -0.350 e. The highest BCUT2D eigenvalue weighted by Crippen LogP contribution is 2.45. The van der Waals surface area contributed by atoms with Crippen molar-refractivity contribution in [3.63, 3.8) is 0 Å². The molecule has 3 nitrogen and oxygen atoms in total. The number of carbonyl (C=O) groups excluding carboxylic acids is 1. The minimum absolute atomic E-state index is 0.110. The SMILES string of the molecule is CC1CC(C#N)(C(=O)NCc2cccs2)C1. The molecule has 16 heavy (non-hydrogen) atoms. The van der Waals surface area contributed by atoms with Gasteiger partial charge in [0.2, 0.25) is 5.91 Å². The lowest BCUT2D eigenvalue weighted by Crippen LogP contribution is -2.47. The molecule has 4 heteroatoms. The van der Waals surface area contributed by atoms with Crippen molar-refractivity contribution in [2.75, 3.05) is 0 Å². The van der Waals surface area contributed by atoms with Gasteiger partial charge in [0.15, 0.2) is 0 Å². The van der Waals surface area contributed by atoms with Crippen LogP contribution < -0.4 is 5.32 Å². The van der Waals surface area contributed by atoms with Gasteiger partial charge in [0.1, 0.15) is 5.41 Å². The summed E-state index contributed by atoms with van der Waals surface area (Å²) in [6.07, 6.45) is 1.39. The van der Waals surface area contributed by atoms with Gasteiger partial charge in [-0.05, 0) is 30.2 Å². The molecular formula is C12H14N2OS. The molecule has 1 saturated carbocycles. The van der Waals surface area contributed by atoms with Crippen LogP contribution in [0.15, 0.2) is 17.5 Å². The molecule has 1 heterocycles. The average Bonchev–Trinajstić information content (AvgIpc) is 2.73. The maximum atomic E-state index is 11.9. The fourth-order valence-corrected chi connectivity index (χ4v) is 2.85. The second kappa shape index (κ2) is 4.26. The molecule has 1 N–H and O–H groups in total. The lowest BCUT2D eigenvalue weighted by Gasteiger charge is -2.39. The van der Waals surface area contributed by atoms with Gasteiger partial charge in [-0.3, -0.25) is 4.79 Å². The van der Waals surface area contributed by atoms with Crippen LogP contribution in [0, 0.1) is 22.7 Å². The van der Waals surface area contributed by atoms with Gasteiger partial charge in [0, 0.05) is 4.88 Å². The summed E-state index contributed by atoms with van der Waals surface area (Å²) in [5.41, 5.74) is -0.753. The first-order chi connectivity index (χ1) is 7.66. The lowest BCUT2D eigenvalue weighted by atomic mass is 9.63. The molecule has 1 amide bonds. The van der Waals surface area contributed by atoms with Gasteiger partial charge in [-0.25, -0.2) is 0 Å². The third kappa shape index (κ3) is 1.96. The smallest absolute Gasteiger partial charge is 0.240 e. The Bertz CT molecular complexity index is 413. The Morgan fingerprint density at radius 2 is 2.50 bits per heavy atom. The van der Waals surface area contributed by atoms with E-state index in [0.717, 1.165) is 4.88 Å². The molecule has 1 aromatic heterocycles. The highest BCUT2D eigenvalue weighted by atomic mass is 32.1. The summed E-state index contributed by atoms with van der Waals surface area (Å²) in [4.78, 5) is 13.0. The van der Waals surface area contributed by atoms with Crippen molar-refractivity contribution < 1.29 is 4.79 Å². The van der Waals surface area contributed by atoms with Crippen molar-refractivity contribution in [2.24, 2.45) is 11.3 Å². The number of nitriles is 1. The molecule has 1 aliphatic rings. The van der Waals surface area contributed by atoms with Crippen LogP contribution in [0.3, 0.4) is 0 Å². The Hall–Kier alpha value is -1.34. The second-order valence-corrected chi connectivity index (χ2v) is 5.50. The van der Waals surface area contributed by atoms with Crippen LogP contribution in [0.2, 0.25) is 0 Å². The fraction of sp³-hybridized carbons (Fsp3) is 0.500. The highest BCUT2D eigenvalue weighted by Gasteiger charge is 2.48. The summed E-state index contributed by atoms with van der Waals surface area (Å²) in [5.74, 6) is 0.383. The Morgan fingerprint density at radius 3 is 3.00 bits per heavy atom. The molecule has 0 saturated heterocycles. The van der Waals surface area contributed by atoms with E-state index in [1.165, 1.54) is 0 Å². The standard InChI is InChI=1S/C12H14N2OS/c1-9-5-12(6-9,8-13)11(15)14-7-10-3-2-4-16-10/h2-4,9H,5-7H2,1H3,(H,14,15). The number of thiophene rings is 1. The van der Waals surface area contributed by atoms with Crippen LogP contribution >= 0.6 is 11.3 Å². The first-order valence-electron chi connectivity index (χ1n) is 5.38. The van der Waals surface area contributed by atoms with Gasteiger partial charge in [-0.15, -0.1) is 11.3 Å². The molecule has 0 atom stereocenters. The van der Waals surface area contributed by atoms with Crippen LogP contribution in [0.1, 0.15) is 24.6 Å². The quantitative estimate of drug-likeness (QED) is 0.872. The summed E-state index contributed by atoms with van der Waals surface area (Å²) in [7, 11) is 0. The summed E-state index contributed by atoms with van der Waals surface area (Å²) < 4.78 is 0. The maximum absolute atomic E-state index is 11.9. The van der Waals surface area contributed by atoms with Crippen LogP contribution in [0.5, 0.6) is 0 Å². The summed E-state index contributed by atoms with van der Waals surface area (Å²) >= 11 is 1.61. The number of rotatable bonds is 3. The Labute approximate surface area is 99.1 Å². The fourth-order valence-electron chi connectivity index (χ4n) is 2.21. The molecule has 1 aromatic rings. The van der Waals surface area contributed by atoms with E-state index < -0.39 is 5.41 Å². The molecule has 0 aromatic carbocycles. The zero-order valence-corrected chi connectivity index (χ0v) is 10.0. The molecule has 0 spiro atoms. The predicted octanol–water partition coefficient (Wildman–Crippen LogP) is 2.30. The summed E-state index contributed by atoms with van der Waals surface area (Å²) in [6.45, 7) is 2.61. The molecule has 1 aliphatic carbocycles. The van der Waals surface area contributed by atoms with Crippen molar-refractivity contribution >= 4 is 17.2 Å². The van der Waals surface area contributed by atoms with Crippen LogP contribution in [0.4, 0.5) is 0 Å². The number of hydrogen-bond acceptors (Lipinski definition) is 3. The largest absolute Gasteiger partial charge is 0.350 e. The first kappa shape index (κ1) is 11.2. The van der Waals surface area contributed by atoms with Crippen LogP contribution in [0.25, 0.3) is 0 Å². The van der Waals surface area contributed by atoms with E-state index in [0.29, 0.717) is 25.3 Å². The van der Waals surface area contributed by atoms with E-state index in [9.17, 15) is 4.79 Å². The van der Waals surface area contributed by atoms with Gasteiger partial charge in [0.05, 0.1) is 12.6 Å². The van der Waals surface area contributed by atoms with Gasteiger partial charge < -0.3 is 5.32 Å². The van der Waals surface area contributed by atoms with E-state index >= 15 is 0 Å². The minimum atomic E-state index is -0.753. The van der Waals surface area contributed by atoms with Crippen molar-refractivity contribution in [3.05, 3.63) is 22.4 Å². The molecule has 0 unspecified atom stereocenters. The molecule has 0 aliphatic heterocycles. The Morgan fingerprint density at radius 1 is 1.75 bits per heavy atom. The van der Waals surface area contributed by atoms with E-state index in [4.69, 9.17) is 5.26 Å². The van der Waals surface area contributed by atoms with Gasteiger partial charge in [-0.1, -0.05) is 13.0 Å². The number of hydrogen-bond donors (Lipinski definition) is 1. The maximum Gasteiger partial charge on any atom is 0.240 e. The monoisotopic (exact) mass is 234 g/mol. The topological polar surface area (TPSA) is 52.9 Å². The number of amides is 1. The molecule has 0 radical (unpaired) electrons. The summed E-state index contributed by atoms with van der Waals surface area (Å²) in [5, 5.41) is 13.9. The number of nitrogens with one attached hydrogen (secondary N) is 1. The number of carbonyl (C=O) groups is 1. The van der Waals surface area contributed by atoms with E-state index in [1.807, 2.05) is 17.5 Å². The average molecular weight is 234 g/mol. The van der Waals surface area contributed by atoms with Crippen molar-refractivity contribution in [1.82, 2.24) is 5.32 Å². The molecular weight excluding hydrogens is 220 g/mol. The third-order valence-electron chi connectivity index (χ3n) is 3.05. The van der Waals surface area contributed by atoms with E-state index in [2.05, 4.69) is 18.3 Å². The van der Waals surface area contributed by atoms with Gasteiger partial charge in [0.25, 0.3) is 0 Å². The zero-order chi connectivity index (χ0) is 11.6.